The summed E-state index contributed by atoms with van der Waals surface area (Å²) in [6.45, 7) is -0.168. The van der Waals surface area contributed by atoms with Gasteiger partial charge in [-0.05, 0) is 11.4 Å². The number of aromatic nitrogens is 2. The molecule has 0 saturated heterocycles. The van der Waals surface area contributed by atoms with Gasteiger partial charge in [-0.3, -0.25) is 4.79 Å². The molecule has 2 aromatic heterocycles. The second-order valence-corrected chi connectivity index (χ2v) is 4.49. The summed E-state index contributed by atoms with van der Waals surface area (Å²) in [5, 5.41) is 10.8. The minimum atomic E-state index is -0.525. The number of carbonyl (C=O) groups is 1. The lowest BCUT2D eigenvalue weighted by Crippen LogP contribution is -2.19. The van der Waals surface area contributed by atoms with Crippen molar-refractivity contribution in [2.75, 3.05) is 6.61 Å². The Bertz CT molecular complexity index is 452. The Labute approximate surface area is 93.5 Å². The van der Waals surface area contributed by atoms with Crippen molar-refractivity contribution in [1.82, 2.24) is 10.2 Å². The van der Waals surface area contributed by atoms with Crippen molar-refractivity contribution in [2.45, 2.75) is 0 Å². The van der Waals surface area contributed by atoms with Crippen LogP contribution in [0.5, 0.6) is 5.19 Å². The van der Waals surface area contributed by atoms with E-state index >= 15 is 0 Å². The maximum atomic E-state index is 10.5. The molecular weight excluding hydrogens is 234 g/mol. The Balaban J connectivity index is 2.08. The van der Waals surface area contributed by atoms with Crippen LogP contribution >= 0.6 is 22.7 Å². The van der Waals surface area contributed by atoms with Crippen LogP contribution in [0, 0.1) is 0 Å². The third-order valence-electron chi connectivity index (χ3n) is 1.48. The third-order valence-corrected chi connectivity index (χ3v) is 3.35. The van der Waals surface area contributed by atoms with E-state index in [4.69, 9.17) is 10.5 Å². The highest BCUT2D eigenvalue weighted by Crippen LogP contribution is 2.30. The SMILES string of the molecule is NC(=O)COc1nnc(-c2cccs2)s1. The van der Waals surface area contributed by atoms with Crippen LogP contribution in [-0.2, 0) is 4.79 Å². The lowest BCUT2D eigenvalue weighted by Gasteiger charge is -1.94. The summed E-state index contributed by atoms with van der Waals surface area (Å²) in [5.41, 5.74) is 4.94. The van der Waals surface area contributed by atoms with Crippen LogP contribution in [0.1, 0.15) is 0 Å². The molecule has 0 aliphatic heterocycles. The molecule has 78 valence electrons. The van der Waals surface area contributed by atoms with E-state index in [1.165, 1.54) is 11.3 Å². The van der Waals surface area contributed by atoms with Gasteiger partial charge in [0.05, 0.1) is 4.88 Å². The molecule has 0 radical (unpaired) electrons. The molecule has 2 rings (SSSR count). The summed E-state index contributed by atoms with van der Waals surface area (Å²) in [5.74, 6) is -0.525. The number of rotatable bonds is 4. The topological polar surface area (TPSA) is 78.1 Å². The molecule has 7 heteroatoms. The van der Waals surface area contributed by atoms with Crippen LogP contribution in [0.4, 0.5) is 0 Å². The van der Waals surface area contributed by atoms with Crippen molar-refractivity contribution in [1.29, 1.82) is 0 Å². The molecule has 2 N–H and O–H groups in total. The molecule has 0 atom stereocenters. The predicted octanol–water partition coefficient (Wildman–Crippen LogP) is 1.13. The zero-order valence-electron chi connectivity index (χ0n) is 7.54. The molecule has 2 heterocycles. The molecule has 0 aromatic carbocycles. The summed E-state index contributed by atoms with van der Waals surface area (Å²) < 4.78 is 5.02. The zero-order valence-corrected chi connectivity index (χ0v) is 9.18. The van der Waals surface area contributed by atoms with Crippen LogP contribution in [0.15, 0.2) is 17.5 Å². The number of ether oxygens (including phenoxy) is 1. The number of thiophene rings is 1. The number of hydrogen-bond donors (Lipinski definition) is 1. The zero-order chi connectivity index (χ0) is 10.7. The van der Waals surface area contributed by atoms with Gasteiger partial charge < -0.3 is 10.5 Å². The Morgan fingerprint density at radius 3 is 3.07 bits per heavy atom. The molecule has 0 fully saturated rings. The number of amides is 1. The molecule has 0 spiro atoms. The van der Waals surface area contributed by atoms with E-state index in [1.807, 2.05) is 17.5 Å². The van der Waals surface area contributed by atoms with Gasteiger partial charge in [-0.15, -0.1) is 16.4 Å². The van der Waals surface area contributed by atoms with Crippen molar-refractivity contribution < 1.29 is 9.53 Å². The van der Waals surface area contributed by atoms with Gasteiger partial charge in [-0.1, -0.05) is 22.5 Å². The summed E-state index contributed by atoms with van der Waals surface area (Å²) >= 11 is 2.87. The van der Waals surface area contributed by atoms with Gasteiger partial charge >= 0.3 is 0 Å². The maximum Gasteiger partial charge on any atom is 0.294 e. The van der Waals surface area contributed by atoms with E-state index in [2.05, 4.69) is 10.2 Å². The second-order valence-electron chi connectivity index (χ2n) is 2.61. The van der Waals surface area contributed by atoms with Gasteiger partial charge in [0, 0.05) is 0 Å². The Kier molecular flexibility index (Phi) is 2.93. The van der Waals surface area contributed by atoms with Crippen molar-refractivity contribution in [3.8, 4) is 15.1 Å². The lowest BCUT2D eigenvalue weighted by atomic mass is 10.5. The monoisotopic (exact) mass is 241 g/mol. The van der Waals surface area contributed by atoms with E-state index < -0.39 is 5.91 Å². The Hall–Kier alpha value is -1.47. The van der Waals surface area contributed by atoms with Crippen LogP contribution < -0.4 is 10.5 Å². The summed E-state index contributed by atoms with van der Waals surface area (Å²) in [4.78, 5) is 11.5. The van der Waals surface area contributed by atoms with E-state index in [-0.39, 0.29) is 6.61 Å². The van der Waals surface area contributed by atoms with Crippen molar-refractivity contribution >= 4 is 28.6 Å². The van der Waals surface area contributed by atoms with Gasteiger partial charge in [0.25, 0.3) is 11.1 Å². The smallest absolute Gasteiger partial charge is 0.294 e. The molecule has 0 aliphatic carbocycles. The first-order valence-electron chi connectivity index (χ1n) is 4.04. The number of nitrogens with two attached hydrogens (primary N) is 1. The highest BCUT2D eigenvalue weighted by atomic mass is 32.1. The van der Waals surface area contributed by atoms with Crippen molar-refractivity contribution in [3.63, 3.8) is 0 Å². The Morgan fingerprint density at radius 2 is 2.40 bits per heavy atom. The fourth-order valence-electron chi connectivity index (χ4n) is 0.901. The van der Waals surface area contributed by atoms with Gasteiger partial charge in [0.1, 0.15) is 0 Å². The number of carbonyl (C=O) groups excluding carboxylic acids is 1. The molecular formula is C8H7N3O2S2. The first kappa shape index (κ1) is 10.1. The summed E-state index contributed by atoms with van der Waals surface area (Å²) in [6, 6.07) is 3.88. The summed E-state index contributed by atoms with van der Waals surface area (Å²) in [6.07, 6.45) is 0. The minimum Gasteiger partial charge on any atom is -0.459 e. The van der Waals surface area contributed by atoms with E-state index in [0.717, 1.165) is 9.88 Å². The number of hydrogen-bond acceptors (Lipinski definition) is 6. The average molecular weight is 241 g/mol. The van der Waals surface area contributed by atoms with Crippen LogP contribution in [0.3, 0.4) is 0 Å². The van der Waals surface area contributed by atoms with Gasteiger partial charge in [0.15, 0.2) is 11.6 Å². The fraction of sp³-hybridized carbons (Fsp3) is 0.125. The molecule has 2 aromatic rings. The highest BCUT2D eigenvalue weighted by Gasteiger charge is 2.08. The van der Waals surface area contributed by atoms with Crippen molar-refractivity contribution in [3.05, 3.63) is 17.5 Å². The highest BCUT2D eigenvalue weighted by molar-refractivity contribution is 7.21. The standard InChI is InChI=1S/C8H7N3O2S2/c9-6(12)4-13-8-11-10-7(15-8)5-2-1-3-14-5/h1-3H,4H2,(H2,9,12). The molecule has 0 aliphatic rings. The largest absolute Gasteiger partial charge is 0.459 e. The molecule has 0 bridgehead atoms. The Morgan fingerprint density at radius 1 is 1.53 bits per heavy atom. The fourth-order valence-corrected chi connectivity index (χ4v) is 2.39. The maximum absolute atomic E-state index is 10.5. The predicted molar refractivity (Wildman–Crippen MR) is 57.9 cm³/mol. The van der Waals surface area contributed by atoms with Gasteiger partial charge in [0.2, 0.25) is 0 Å². The quantitative estimate of drug-likeness (QED) is 0.870. The average Bonchev–Trinajstić information content (AvgIpc) is 2.85. The molecule has 15 heavy (non-hydrogen) atoms. The lowest BCUT2D eigenvalue weighted by molar-refractivity contribution is -0.119. The minimum absolute atomic E-state index is 0.168. The number of nitrogens with zero attached hydrogens (tertiary/aromatic N) is 2. The molecule has 0 unspecified atom stereocenters. The second kappa shape index (κ2) is 4.37. The van der Waals surface area contributed by atoms with E-state index in [9.17, 15) is 4.79 Å². The molecule has 0 saturated carbocycles. The first-order valence-corrected chi connectivity index (χ1v) is 5.74. The normalized spacial score (nSPS) is 10.1. The molecule has 5 nitrogen and oxygen atoms in total. The number of primary amides is 1. The van der Waals surface area contributed by atoms with Gasteiger partial charge in [-0.25, -0.2) is 0 Å². The van der Waals surface area contributed by atoms with E-state index in [0.29, 0.717) is 5.19 Å². The third kappa shape index (κ3) is 2.51. The van der Waals surface area contributed by atoms with Crippen LogP contribution in [-0.4, -0.2) is 22.7 Å². The van der Waals surface area contributed by atoms with Crippen molar-refractivity contribution in [2.24, 2.45) is 5.73 Å². The van der Waals surface area contributed by atoms with Crippen LogP contribution in [0.2, 0.25) is 0 Å². The summed E-state index contributed by atoms with van der Waals surface area (Å²) in [7, 11) is 0. The van der Waals surface area contributed by atoms with Crippen LogP contribution in [0.25, 0.3) is 9.88 Å². The van der Waals surface area contributed by atoms with Gasteiger partial charge in [-0.2, -0.15) is 0 Å². The van der Waals surface area contributed by atoms with E-state index in [1.54, 1.807) is 11.3 Å². The molecule has 1 amide bonds. The first-order chi connectivity index (χ1) is 7.25.